The standard InChI is InChI=1S/C22H24ClN5O4/c1-22(2,3)32-17(29)11-28-19-14(18(25)16(24)10-26-19)8-15(21(28)31)20(30)27-9-12-4-6-13(23)7-5-12/h4-8,10H,9,11,24H2,1-3H3,(H2,25,26)(H,27,30). The molecule has 3 rings (SSSR count). The van der Waals surface area contributed by atoms with Crippen LogP contribution < -0.4 is 22.3 Å². The van der Waals surface area contributed by atoms with Crippen molar-refractivity contribution in [2.45, 2.75) is 39.5 Å². The molecule has 32 heavy (non-hydrogen) atoms. The lowest BCUT2D eigenvalue weighted by molar-refractivity contribution is -0.155. The minimum atomic E-state index is -0.749. The van der Waals surface area contributed by atoms with Gasteiger partial charge in [0.1, 0.15) is 23.4 Å². The smallest absolute Gasteiger partial charge is 0.326 e. The van der Waals surface area contributed by atoms with E-state index in [9.17, 15) is 14.4 Å². The molecule has 0 spiro atoms. The third-order valence-corrected chi connectivity index (χ3v) is 4.76. The van der Waals surface area contributed by atoms with Gasteiger partial charge in [0, 0.05) is 17.0 Å². The number of rotatable bonds is 5. The van der Waals surface area contributed by atoms with Gasteiger partial charge in [-0.2, -0.15) is 0 Å². The van der Waals surface area contributed by atoms with Crippen LogP contribution >= 0.6 is 11.6 Å². The van der Waals surface area contributed by atoms with Crippen LogP contribution in [0.1, 0.15) is 36.7 Å². The van der Waals surface area contributed by atoms with Gasteiger partial charge in [0.15, 0.2) is 0 Å². The van der Waals surface area contributed by atoms with Crippen molar-refractivity contribution in [3.8, 4) is 0 Å². The van der Waals surface area contributed by atoms with Crippen molar-refractivity contribution in [3.05, 3.63) is 63.0 Å². The average molecular weight is 458 g/mol. The maximum atomic E-state index is 13.1. The van der Waals surface area contributed by atoms with Gasteiger partial charge >= 0.3 is 5.97 Å². The van der Waals surface area contributed by atoms with E-state index >= 15 is 0 Å². The summed E-state index contributed by atoms with van der Waals surface area (Å²) in [5.74, 6) is -1.29. The van der Waals surface area contributed by atoms with Gasteiger partial charge in [0.25, 0.3) is 11.5 Å². The average Bonchev–Trinajstić information content (AvgIpc) is 2.70. The van der Waals surface area contributed by atoms with E-state index in [1.54, 1.807) is 45.0 Å². The van der Waals surface area contributed by atoms with Crippen LogP contribution in [0.4, 0.5) is 11.4 Å². The lowest BCUT2D eigenvalue weighted by Crippen LogP contribution is -2.36. The SMILES string of the molecule is CC(C)(C)OC(=O)Cn1c(=O)c(C(=O)NCc2ccc(Cl)cc2)cc2c(N)c(N)cnc21. The van der Waals surface area contributed by atoms with E-state index in [2.05, 4.69) is 10.3 Å². The van der Waals surface area contributed by atoms with Gasteiger partial charge in [-0.25, -0.2) is 4.98 Å². The van der Waals surface area contributed by atoms with Crippen molar-refractivity contribution in [1.82, 2.24) is 14.9 Å². The first-order chi connectivity index (χ1) is 15.0. The van der Waals surface area contributed by atoms with Crippen molar-refractivity contribution in [2.24, 2.45) is 0 Å². The van der Waals surface area contributed by atoms with E-state index in [4.69, 9.17) is 27.8 Å². The van der Waals surface area contributed by atoms with E-state index in [1.807, 2.05) is 0 Å². The Balaban J connectivity index is 2.02. The van der Waals surface area contributed by atoms with E-state index in [1.165, 1.54) is 12.3 Å². The summed E-state index contributed by atoms with van der Waals surface area (Å²) in [5, 5.41) is 3.54. The Bertz CT molecular complexity index is 1250. The largest absolute Gasteiger partial charge is 0.459 e. The third kappa shape index (κ3) is 5.17. The summed E-state index contributed by atoms with van der Waals surface area (Å²) in [7, 11) is 0. The van der Waals surface area contributed by atoms with Crippen molar-refractivity contribution in [1.29, 1.82) is 0 Å². The molecule has 0 atom stereocenters. The molecule has 9 nitrogen and oxygen atoms in total. The number of fused-ring (bicyclic) bond motifs is 1. The fourth-order valence-corrected chi connectivity index (χ4v) is 3.17. The monoisotopic (exact) mass is 457 g/mol. The maximum absolute atomic E-state index is 13.1. The van der Waals surface area contributed by atoms with Crippen LogP contribution in [0.2, 0.25) is 5.02 Å². The van der Waals surface area contributed by atoms with Gasteiger partial charge in [-0.05, 0) is 44.5 Å². The minimum Gasteiger partial charge on any atom is -0.459 e. The molecule has 5 N–H and O–H groups in total. The van der Waals surface area contributed by atoms with E-state index in [0.29, 0.717) is 5.02 Å². The normalized spacial score (nSPS) is 11.4. The zero-order valence-electron chi connectivity index (χ0n) is 17.9. The lowest BCUT2D eigenvalue weighted by Gasteiger charge is -2.20. The highest BCUT2D eigenvalue weighted by molar-refractivity contribution is 6.30. The van der Waals surface area contributed by atoms with Crippen LogP contribution in [-0.4, -0.2) is 27.0 Å². The molecule has 10 heteroatoms. The predicted octanol–water partition coefficient (Wildman–Crippen LogP) is 2.49. The van der Waals surface area contributed by atoms with Crippen molar-refractivity contribution < 1.29 is 14.3 Å². The zero-order valence-corrected chi connectivity index (χ0v) is 18.7. The number of nitrogens with zero attached hydrogens (tertiary/aromatic N) is 2. The number of aromatic nitrogens is 2. The van der Waals surface area contributed by atoms with Crippen LogP contribution in [0.5, 0.6) is 0 Å². The van der Waals surface area contributed by atoms with Crippen LogP contribution in [0.15, 0.2) is 41.3 Å². The molecular formula is C22H24ClN5O4. The third-order valence-electron chi connectivity index (χ3n) is 4.51. The molecule has 0 bridgehead atoms. The number of amides is 1. The molecule has 0 saturated heterocycles. The highest BCUT2D eigenvalue weighted by Gasteiger charge is 2.22. The number of nitrogens with two attached hydrogens (primary N) is 2. The molecule has 1 aromatic carbocycles. The number of carbonyl (C=O) groups is 2. The molecule has 2 aromatic heterocycles. The highest BCUT2D eigenvalue weighted by atomic mass is 35.5. The number of nitrogen functional groups attached to an aromatic ring is 2. The second-order valence-electron chi connectivity index (χ2n) is 8.21. The quantitative estimate of drug-likeness (QED) is 0.499. The van der Waals surface area contributed by atoms with Crippen LogP contribution in [0, 0.1) is 0 Å². The fourth-order valence-electron chi connectivity index (χ4n) is 3.04. The molecule has 1 amide bonds. The Morgan fingerprint density at radius 3 is 2.47 bits per heavy atom. The van der Waals surface area contributed by atoms with E-state index < -0.39 is 29.6 Å². The van der Waals surface area contributed by atoms with E-state index in [0.717, 1.165) is 10.1 Å². The molecule has 0 aliphatic rings. The number of halogens is 1. The highest BCUT2D eigenvalue weighted by Crippen LogP contribution is 2.24. The van der Waals surface area contributed by atoms with Gasteiger partial charge < -0.3 is 21.5 Å². The Labute approximate surface area is 189 Å². The Morgan fingerprint density at radius 1 is 1.19 bits per heavy atom. The van der Waals surface area contributed by atoms with Gasteiger partial charge in [0.2, 0.25) is 0 Å². The second-order valence-corrected chi connectivity index (χ2v) is 8.65. The Morgan fingerprint density at radius 2 is 1.84 bits per heavy atom. The molecule has 2 heterocycles. The molecule has 0 aliphatic heterocycles. The number of benzene rings is 1. The number of pyridine rings is 2. The summed E-state index contributed by atoms with van der Waals surface area (Å²) < 4.78 is 6.39. The van der Waals surface area contributed by atoms with E-state index in [-0.39, 0.29) is 34.5 Å². The molecule has 0 saturated carbocycles. The number of anilines is 2. The number of nitrogens with one attached hydrogen (secondary N) is 1. The summed E-state index contributed by atoms with van der Waals surface area (Å²) in [6, 6.07) is 8.24. The van der Waals surface area contributed by atoms with Crippen molar-refractivity contribution in [3.63, 3.8) is 0 Å². The minimum absolute atomic E-state index is 0.127. The van der Waals surface area contributed by atoms with Gasteiger partial charge in [-0.3, -0.25) is 19.0 Å². The Hall–Kier alpha value is -3.59. The van der Waals surface area contributed by atoms with Gasteiger partial charge in [-0.15, -0.1) is 0 Å². The maximum Gasteiger partial charge on any atom is 0.326 e. The first-order valence-corrected chi connectivity index (χ1v) is 10.2. The molecule has 0 unspecified atom stereocenters. The summed E-state index contributed by atoms with van der Waals surface area (Å²) in [5.41, 5.74) is 11.5. The van der Waals surface area contributed by atoms with Crippen LogP contribution in [0.3, 0.4) is 0 Å². The fraction of sp³-hybridized carbons (Fsp3) is 0.273. The number of ether oxygens (including phenoxy) is 1. The topological polar surface area (TPSA) is 142 Å². The first kappa shape index (κ1) is 23.1. The lowest BCUT2D eigenvalue weighted by atomic mass is 10.1. The first-order valence-electron chi connectivity index (χ1n) is 9.78. The summed E-state index contributed by atoms with van der Waals surface area (Å²) in [4.78, 5) is 42.6. The second kappa shape index (κ2) is 8.88. The Kier molecular flexibility index (Phi) is 6.40. The molecule has 3 aromatic rings. The zero-order chi connectivity index (χ0) is 23.6. The molecule has 168 valence electrons. The summed E-state index contributed by atoms with van der Waals surface area (Å²) in [6.45, 7) is 4.86. The summed E-state index contributed by atoms with van der Waals surface area (Å²) >= 11 is 5.88. The molecule has 0 aliphatic carbocycles. The van der Waals surface area contributed by atoms with Crippen molar-refractivity contribution >= 4 is 45.9 Å². The summed E-state index contributed by atoms with van der Waals surface area (Å²) in [6.07, 6.45) is 1.29. The number of hydrogen-bond acceptors (Lipinski definition) is 7. The van der Waals surface area contributed by atoms with Crippen LogP contribution in [0.25, 0.3) is 11.0 Å². The number of hydrogen-bond donors (Lipinski definition) is 3. The van der Waals surface area contributed by atoms with Gasteiger partial charge in [-0.1, -0.05) is 23.7 Å². The number of esters is 1. The van der Waals surface area contributed by atoms with Gasteiger partial charge in [0.05, 0.1) is 17.6 Å². The predicted molar refractivity (Wildman–Crippen MR) is 123 cm³/mol. The molecule has 0 fully saturated rings. The molecular weight excluding hydrogens is 434 g/mol. The van der Waals surface area contributed by atoms with Crippen LogP contribution in [-0.2, 0) is 22.6 Å². The molecule has 0 radical (unpaired) electrons. The van der Waals surface area contributed by atoms with Crippen molar-refractivity contribution in [2.75, 3.05) is 11.5 Å². The number of carbonyl (C=O) groups excluding carboxylic acids is 2.